The molecule has 0 bridgehead atoms. The molecule has 12 nitrogen and oxygen atoms in total. The van der Waals surface area contributed by atoms with Crippen molar-refractivity contribution in [1.82, 2.24) is 24.9 Å². The third kappa shape index (κ3) is 8.36. The summed E-state index contributed by atoms with van der Waals surface area (Å²) in [5.41, 5.74) is 4.37. The smallest absolute Gasteiger partial charge is 0.410 e. The zero-order valence-corrected chi connectivity index (χ0v) is 29.0. The molecule has 0 unspecified atom stereocenters. The minimum absolute atomic E-state index is 0.00876. The van der Waals surface area contributed by atoms with Crippen LogP contribution in [0.4, 0.5) is 15.3 Å². The molecule has 264 valence electrons. The van der Waals surface area contributed by atoms with Gasteiger partial charge in [-0.05, 0) is 74.3 Å². The van der Waals surface area contributed by atoms with Gasteiger partial charge in [-0.1, -0.05) is 30.3 Å². The number of ether oxygens (including phenoxy) is 2. The molecule has 1 atom stereocenters. The van der Waals surface area contributed by atoms with Gasteiger partial charge >= 0.3 is 18.1 Å². The van der Waals surface area contributed by atoms with Gasteiger partial charge in [0.05, 0.1) is 0 Å². The van der Waals surface area contributed by atoms with Crippen LogP contribution in [0.2, 0.25) is 0 Å². The van der Waals surface area contributed by atoms with E-state index in [-0.39, 0.29) is 24.4 Å². The maximum Gasteiger partial charge on any atom is 0.410 e. The molecule has 0 spiro atoms. The molecule has 49 heavy (non-hydrogen) atoms. The summed E-state index contributed by atoms with van der Waals surface area (Å²) >= 11 is 0. The second kappa shape index (κ2) is 15.6. The Labute approximate surface area is 289 Å². The topological polar surface area (TPSA) is 124 Å². The molecular weight excluding hydrogens is 624 g/mol. The van der Waals surface area contributed by atoms with E-state index in [1.807, 2.05) is 60.0 Å². The van der Waals surface area contributed by atoms with E-state index in [0.717, 1.165) is 73.4 Å². The second-order valence-corrected chi connectivity index (χ2v) is 13.8. The normalized spacial score (nSPS) is 20.2. The van der Waals surface area contributed by atoms with Gasteiger partial charge in [-0.3, -0.25) is 14.5 Å². The molecule has 6 rings (SSSR count). The van der Waals surface area contributed by atoms with Gasteiger partial charge in [-0.15, -0.1) is 0 Å². The third-order valence-electron chi connectivity index (χ3n) is 10.5. The van der Waals surface area contributed by atoms with E-state index in [1.54, 1.807) is 4.90 Å². The standard InChI is InChI=1S/C37H50N6O6/c1-25-22-28(23-26(2)34(25)48-27(3)44)24-33(35(45)41-15-9-30(10-16-41)40-20-13-38-14-21-40)49-37(47)42-17-11-31(12-18-42)43-19-8-29-6-4-5-7-32(29)39-36(43)46/h4-7,22-23,30-31,33,38H,8-21,24H2,1-3H3,(H,39,46)/t33-/m1/s1. The van der Waals surface area contributed by atoms with Crippen LogP contribution in [-0.2, 0) is 27.2 Å². The van der Waals surface area contributed by atoms with Crippen LogP contribution < -0.4 is 15.4 Å². The van der Waals surface area contributed by atoms with Crippen molar-refractivity contribution < 1.29 is 28.7 Å². The van der Waals surface area contributed by atoms with Crippen LogP contribution in [0, 0.1) is 13.8 Å². The highest BCUT2D eigenvalue weighted by Crippen LogP contribution is 2.28. The summed E-state index contributed by atoms with van der Waals surface area (Å²) in [6, 6.07) is 12.0. The fourth-order valence-corrected chi connectivity index (χ4v) is 7.85. The van der Waals surface area contributed by atoms with Crippen molar-refractivity contribution in [3.8, 4) is 5.75 Å². The first kappa shape index (κ1) is 34.7. The molecule has 2 N–H and O–H groups in total. The van der Waals surface area contributed by atoms with Gasteiger partial charge in [-0.25, -0.2) is 9.59 Å². The number of amides is 4. The molecule has 2 aromatic rings. The Morgan fingerprint density at radius 1 is 0.857 bits per heavy atom. The molecule has 4 heterocycles. The molecule has 0 aromatic heterocycles. The number of esters is 1. The number of rotatable bonds is 7. The Morgan fingerprint density at radius 3 is 2.16 bits per heavy atom. The molecule has 4 aliphatic rings. The number of fused-ring (bicyclic) bond motifs is 1. The van der Waals surface area contributed by atoms with Gasteiger partial charge < -0.3 is 34.8 Å². The minimum atomic E-state index is -0.991. The molecule has 4 aliphatic heterocycles. The number of hydrogen-bond acceptors (Lipinski definition) is 8. The summed E-state index contributed by atoms with van der Waals surface area (Å²) in [4.78, 5) is 60.5. The molecule has 3 saturated heterocycles. The summed E-state index contributed by atoms with van der Waals surface area (Å²) in [7, 11) is 0. The number of carbonyl (C=O) groups excluding carboxylic acids is 4. The lowest BCUT2D eigenvalue weighted by Gasteiger charge is -2.41. The number of benzene rings is 2. The highest BCUT2D eigenvalue weighted by atomic mass is 16.6. The second-order valence-electron chi connectivity index (χ2n) is 13.8. The Bertz CT molecular complexity index is 1500. The first-order chi connectivity index (χ1) is 23.7. The molecule has 0 saturated carbocycles. The summed E-state index contributed by atoms with van der Waals surface area (Å²) in [5, 5.41) is 6.46. The van der Waals surface area contributed by atoms with E-state index in [9.17, 15) is 19.2 Å². The Balaban J connectivity index is 1.11. The van der Waals surface area contributed by atoms with Crippen LogP contribution in [0.1, 0.15) is 54.9 Å². The number of aryl methyl sites for hydroxylation is 2. The number of nitrogens with zero attached hydrogens (tertiary/aromatic N) is 4. The van der Waals surface area contributed by atoms with E-state index in [2.05, 4.69) is 15.5 Å². The van der Waals surface area contributed by atoms with Gasteiger partial charge in [0.15, 0.2) is 6.10 Å². The zero-order valence-electron chi connectivity index (χ0n) is 29.0. The van der Waals surface area contributed by atoms with Crippen LogP contribution in [-0.4, -0.2) is 121 Å². The average molecular weight is 675 g/mol. The largest absolute Gasteiger partial charge is 0.436 e. The summed E-state index contributed by atoms with van der Waals surface area (Å²) in [6.45, 7) is 11.9. The molecular formula is C37H50N6O6. The van der Waals surface area contributed by atoms with E-state index in [4.69, 9.17) is 9.47 Å². The summed E-state index contributed by atoms with van der Waals surface area (Å²) < 4.78 is 11.5. The predicted molar refractivity (Wildman–Crippen MR) is 186 cm³/mol. The zero-order chi connectivity index (χ0) is 34.5. The van der Waals surface area contributed by atoms with Crippen molar-refractivity contribution in [1.29, 1.82) is 0 Å². The van der Waals surface area contributed by atoms with Crippen molar-refractivity contribution in [2.75, 3.05) is 64.2 Å². The molecule has 2 aromatic carbocycles. The molecule has 0 aliphatic carbocycles. The number of anilines is 1. The lowest BCUT2D eigenvalue weighted by atomic mass is 9.98. The Hall–Kier alpha value is -4.16. The molecule has 3 fully saturated rings. The lowest BCUT2D eigenvalue weighted by Crippen LogP contribution is -2.54. The molecule has 12 heteroatoms. The SMILES string of the molecule is CC(=O)Oc1c(C)cc(C[C@@H](OC(=O)N2CCC(N3CCc4ccccc4NC3=O)CC2)C(=O)N2CCC(N3CCNCC3)CC2)cc1C. The monoisotopic (exact) mass is 674 g/mol. The predicted octanol–water partition coefficient (Wildman–Crippen LogP) is 3.73. The lowest BCUT2D eigenvalue weighted by molar-refractivity contribution is -0.142. The Kier molecular flexibility index (Phi) is 11.0. The third-order valence-corrected chi connectivity index (χ3v) is 10.5. The Morgan fingerprint density at radius 2 is 1.49 bits per heavy atom. The number of likely N-dealkylation sites (tertiary alicyclic amines) is 2. The fraction of sp³-hybridized carbons (Fsp3) is 0.568. The van der Waals surface area contributed by atoms with Gasteiger partial charge in [0.2, 0.25) is 0 Å². The number of nitrogens with one attached hydrogen (secondary N) is 2. The van der Waals surface area contributed by atoms with Crippen LogP contribution in [0.5, 0.6) is 5.75 Å². The first-order valence-corrected chi connectivity index (χ1v) is 17.8. The quantitative estimate of drug-likeness (QED) is 0.337. The number of piperazine rings is 1. The number of urea groups is 1. The van der Waals surface area contributed by atoms with Gasteiger partial charge in [0.25, 0.3) is 5.91 Å². The average Bonchev–Trinajstić information content (AvgIpc) is 3.27. The van der Waals surface area contributed by atoms with E-state index >= 15 is 0 Å². The number of carbonyl (C=O) groups is 4. The molecule has 0 radical (unpaired) electrons. The first-order valence-electron chi connectivity index (χ1n) is 17.8. The van der Waals surface area contributed by atoms with E-state index < -0.39 is 18.2 Å². The van der Waals surface area contributed by atoms with Crippen LogP contribution >= 0.6 is 0 Å². The maximum atomic E-state index is 14.1. The highest BCUT2D eigenvalue weighted by Gasteiger charge is 2.36. The van der Waals surface area contributed by atoms with Crippen molar-refractivity contribution in [3.05, 3.63) is 58.7 Å². The van der Waals surface area contributed by atoms with Crippen molar-refractivity contribution >= 4 is 29.7 Å². The van der Waals surface area contributed by atoms with E-state index in [0.29, 0.717) is 57.4 Å². The van der Waals surface area contributed by atoms with Gasteiger partial charge in [0, 0.05) is 90.0 Å². The van der Waals surface area contributed by atoms with Crippen molar-refractivity contribution in [2.45, 2.75) is 77.5 Å². The van der Waals surface area contributed by atoms with Crippen LogP contribution in [0.25, 0.3) is 0 Å². The van der Waals surface area contributed by atoms with Gasteiger partial charge in [-0.2, -0.15) is 0 Å². The van der Waals surface area contributed by atoms with Crippen molar-refractivity contribution in [2.24, 2.45) is 0 Å². The fourth-order valence-electron chi connectivity index (χ4n) is 7.85. The van der Waals surface area contributed by atoms with Crippen molar-refractivity contribution in [3.63, 3.8) is 0 Å². The van der Waals surface area contributed by atoms with E-state index in [1.165, 1.54) is 6.92 Å². The van der Waals surface area contributed by atoms with Crippen LogP contribution in [0.3, 0.4) is 0 Å². The number of piperidine rings is 2. The summed E-state index contributed by atoms with van der Waals surface area (Å²) in [5.74, 6) is -0.0615. The highest BCUT2D eigenvalue weighted by molar-refractivity contribution is 5.91. The number of hydrogen-bond donors (Lipinski definition) is 2. The maximum absolute atomic E-state index is 14.1. The van der Waals surface area contributed by atoms with Crippen LogP contribution in [0.15, 0.2) is 36.4 Å². The number of para-hydroxylation sites is 1. The minimum Gasteiger partial charge on any atom is -0.436 e. The summed E-state index contributed by atoms with van der Waals surface area (Å²) in [6.07, 6.45) is 2.54. The van der Waals surface area contributed by atoms with Gasteiger partial charge in [0.1, 0.15) is 5.75 Å². The molecule has 4 amide bonds.